The van der Waals surface area contributed by atoms with Crippen molar-refractivity contribution in [2.24, 2.45) is 5.73 Å². The van der Waals surface area contributed by atoms with Gasteiger partial charge in [0.2, 0.25) is 5.91 Å². The summed E-state index contributed by atoms with van der Waals surface area (Å²) in [6, 6.07) is 7.84. The number of hydrogen-bond donors (Lipinski definition) is 2. The fraction of sp³-hybridized carbons (Fsp3) is 0.471. The van der Waals surface area contributed by atoms with Crippen LogP contribution < -0.4 is 5.73 Å². The smallest absolute Gasteiger partial charge is 0.240 e. The molecule has 114 valence electrons. The molecule has 0 spiro atoms. The van der Waals surface area contributed by atoms with E-state index >= 15 is 0 Å². The number of nitrogens with two attached hydrogens (primary N) is 1. The van der Waals surface area contributed by atoms with E-state index in [2.05, 4.69) is 24.9 Å². The summed E-state index contributed by atoms with van der Waals surface area (Å²) in [7, 11) is 0. The van der Waals surface area contributed by atoms with Crippen LogP contribution in [0.3, 0.4) is 0 Å². The molecule has 1 aromatic heterocycles. The average molecular weight is 287 g/mol. The van der Waals surface area contributed by atoms with Crippen LogP contribution in [0.2, 0.25) is 0 Å². The predicted molar refractivity (Wildman–Crippen MR) is 87.1 cm³/mol. The van der Waals surface area contributed by atoms with Crippen LogP contribution >= 0.6 is 0 Å². The molecule has 0 saturated carbocycles. The maximum absolute atomic E-state index is 12.5. The number of carbonyl (C=O) groups excluding carboxylic acids is 1. The number of para-hydroxylation sites is 1. The van der Waals surface area contributed by atoms with Gasteiger partial charge in [-0.2, -0.15) is 0 Å². The van der Waals surface area contributed by atoms with Crippen molar-refractivity contribution < 1.29 is 4.79 Å². The van der Waals surface area contributed by atoms with Crippen molar-refractivity contribution in [2.75, 3.05) is 6.54 Å². The SMILES string of the molecule is CCC(C)N(CC)C(=O)[C@H](N)Cc1c[nH]c2ccccc12. The van der Waals surface area contributed by atoms with E-state index in [0.717, 1.165) is 22.9 Å². The molecule has 1 unspecified atom stereocenters. The summed E-state index contributed by atoms with van der Waals surface area (Å²) in [5.74, 6) is 0.0390. The van der Waals surface area contributed by atoms with Crippen molar-refractivity contribution >= 4 is 16.8 Å². The zero-order chi connectivity index (χ0) is 15.4. The fourth-order valence-corrected chi connectivity index (χ4v) is 2.74. The second-order valence-corrected chi connectivity index (χ2v) is 5.55. The minimum atomic E-state index is -0.488. The minimum Gasteiger partial charge on any atom is -0.361 e. The van der Waals surface area contributed by atoms with E-state index in [0.29, 0.717) is 13.0 Å². The summed E-state index contributed by atoms with van der Waals surface area (Å²) in [5.41, 5.74) is 8.35. The first kappa shape index (κ1) is 15.6. The lowest BCUT2D eigenvalue weighted by Crippen LogP contribution is -2.48. The van der Waals surface area contributed by atoms with Crippen LogP contribution in [-0.4, -0.2) is 34.4 Å². The summed E-state index contributed by atoms with van der Waals surface area (Å²) < 4.78 is 0. The fourth-order valence-electron chi connectivity index (χ4n) is 2.74. The van der Waals surface area contributed by atoms with Crippen LogP contribution in [0.25, 0.3) is 10.9 Å². The first-order valence-electron chi connectivity index (χ1n) is 7.69. The van der Waals surface area contributed by atoms with Crippen molar-refractivity contribution in [3.63, 3.8) is 0 Å². The van der Waals surface area contributed by atoms with Crippen LogP contribution in [-0.2, 0) is 11.2 Å². The lowest BCUT2D eigenvalue weighted by atomic mass is 10.0. The third kappa shape index (κ3) is 3.27. The number of carbonyl (C=O) groups is 1. The number of fused-ring (bicyclic) bond motifs is 1. The molecule has 21 heavy (non-hydrogen) atoms. The van der Waals surface area contributed by atoms with Crippen molar-refractivity contribution in [1.82, 2.24) is 9.88 Å². The van der Waals surface area contributed by atoms with Gasteiger partial charge in [-0.3, -0.25) is 4.79 Å². The highest BCUT2D eigenvalue weighted by molar-refractivity contribution is 5.86. The molecule has 3 N–H and O–H groups in total. The standard InChI is InChI=1S/C17H25N3O/c1-4-12(3)20(5-2)17(21)15(18)10-13-11-19-16-9-7-6-8-14(13)16/h6-9,11-12,15,19H,4-5,10,18H2,1-3H3/t12?,15-/m1/s1. The van der Waals surface area contributed by atoms with Gasteiger partial charge in [0.25, 0.3) is 0 Å². The molecule has 0 bridgehead atoms. The van der Waals surface area contributed by atoms with Crippen LogP contribution in [0.5, 0.6) is 0 Å². The minimum absolute atomic E-state index is 0.0390. The Morgan fingerprint density at radius 2 is 2.05 bits per heavy atom. The first-order chi connectivity index (χ1) is 10.1. The molecule has 4 heteroatoms. The topological polar surface area (TPSA) is 62.1 Å². The average Bonchev–Trinajstić information content (AvgIpc) is 2.90. The van der Waals surface area contributed by atoms with Crippen LogP contribution in [0.15, 0.2) is 30.5 Å². The van der Waals surface area contributed by atoms with Crippen molar-refractivity contribution in [2.45, 2.75) is 45.7 Å². The Labute approximate surface area is 126 Å². The van der Waals surface area contributed by atoms with Crippen LogP contribution in [0.1, 0.15) is 32.8 Å². The number of aromatic amines is 1. The number of amides is 1. The first-order valence-corrected chi connectivity index (χ1v) is 7.69. The van der Waals surface area contributed by atoms with E-state index in [9.17, 15) is 4.79 Å². The monoisotopic (exact) mass is 287 g/mol. The van der Waals surface area contributed by atoms with Crippen LogP contribution in [0.4, 0.5) is 0 Å². The third-order valence-electron chi connectivity index (χ3n) is 4.18. The molecule has 0 radical (unpaired) electrons. The maximum Gasteiger partial charge on any atom is 0.240 e. The quantitative estimate of drug-likeness (QED) is 0.858. The van der Waals surface area contributed by atoms with E-state index in [4.69, 9.17) is 5.73 Å². The molecular formula is C17H25N3O. The largest absolute Gasteiger partial charge is 0.361 e. The van der Waals surface area contributed by atoms with Crippen molar-refractivity contribution in [1.29, 1.82) is 0 Å². The molecule has 0 aliphatic carbocycles. The van der Waals surface area contributed by atoms with E-state index < -0.39 is 6.04 Å². The molecule has 0 saturated heterocycles. The zero-order valence-electron chi connectivity index (χ0n) is 13.1. The van der Waals surface area contributed by atoms with Crippen molar-refractivity contribution in [3.05, 3.63) is 36.0 Å². The van der Waals surface area contributed by atoms with Crippen molar-refractivity contribution in [3.8, 4) is 0 Å². The molecule has 4 nitrogen and oxygen atoms in total. The van der Waals surface area contributed by atoms with Gasteiger partial charge in [0, 0.05) is 29.7 Å². The van der Waals surface area contributed by atoms with Crippen LogP contribution in [0, 0.1) is 0 Å². The molecule has 1 amide bonds. The second-order valence-electron chi connectivity index (χ2n) is 5.55. The highest BCUT2D eigenvalue weighted by Gasteiger charge is 2.24. The van der Waals surface area contributed by atoms with Gasteiger partial charge < -0.3 is 15.6 Å². The van der Waals surface area contributed by atoms with E-state index in [1.54, 1.807) is 0 Å². The molecule has 0 aliphatic heterocycles. The molecule has 1 aromatic carbocycles. The number of benzene rings is 1. The summed E-state index contributed by atoms with van der Waals surface area (Å²) in [4.78, 5) is 17.6. The molecule has 0 fully saturated rings. The van der Waals surface area contributed by atoms with Gasteiger partial charge in [0.05, 0.1) is 6.04 Å². The second kappa shape index (κ2) is 6.76. The van der Waals surface area contributed by atoms with Gasteiger partial charge in [-0.05, 0) is 38.3 Å². The number of hydrogen-bond acceptors (Lipinski definition) is 2. The summed E-state index contributed by atoms with van der Waals surface area (Å²) >= 11 is 0. The Morgan fingerprint density at radius 1 is 1.33 bits per heavy atom. The van der Waals surface area contributed by atoms with E-state index in [1.807, 2.05) is 36.2 Å². The number of rotatable bonds is 6. The van der Waals surface area contributed by atoms with Gasteiger partial charge in [-0.15, -0.1) is 0 Å². The van der Waals surface area contributed by atoms with Gasteiger partial charge in [-0.25, -0.2) is 0 Å². The Hall–Kier alpha value is -1.81. The number of nitrogens with one attached hydrogen (secondary N) is 1. The van der Waals surface area contributed by atoms with E-state index in [1.165, 1.54) is 0 Å². The predicted octanol–water partition coefficient (Wildman–Crippen LogP) is 2.68. The number of nitrogens with zero attached hydrogens (tertiary/aromatic N) is 1. The Morgan fingerprint density at radius 3 is 2.71 bits per heavy atom. The highest BCUT2D eigenvalue weighted by atomic mass is 16.2. The molecule has 1 heterocycles. The number of aromatic nitrogens is 1. The molecule has 2 rings (SSSR count). The Kier molecular flexibility index (Phi) is 5.02. The lowest BCUT2D eigenvalue weighted by Gasteiger charge is -2.29. The third-order valence-corrected chi connectivity index (χ3v) is 4.18. The molecular weight excluding hydrogens is 262 g/mol. The normalized spacial score (nSPS) is 14.1. The maximum atomic E-state index is 12.5. The highest BCUT2D eigenvalue weighted by Crippen LogP contribution is 2.19. The van der Waals surface area contributed by atoms with E-state index in [-0.39, 0.29) is 11.9 Å². The Bertz CT molecular complexity index is 605. The molecule has 2 atom stereocenters. The van der Waals surface area contributed by atoms with Gasteiger partial charge in [0.15, 0.2) is 0 Å². The summed E-state index contributed by atoms with van der Waals surface area (Å²) in [5, 5.41) is 1.15. The van der Waals surface area contributed by atoms with Gasteiger partial charge in [0.1, 0.15) is 0 Å². The Balaban J connectivity index is 2.13. The lowest BCUT2D eigenvalue weighted by molar-refractivity contribution is -0.134. The summed E-state index contributed by atoms with van der Waals surface area (Å²) in [6.45, 7) is 6.86. The molecule has 2 aromatic rings. The van der Waals surface area contributed by atoms with Gasteiger partial charge >= 0.3 is 0 Å². The summed E-state index contributed by atoms with van der Waals surface area (Å²) in [6.07, 6.45) is 3.46. The molecule has 0 aliphatic rings. The zero-order valence-corrected chi connectivity index (χ0v) is 13.1. The number of likely N-dealkylation sites (N-methyl/N-ethyl adjacent to an activating group) is 1. The number of H-pyrrole nitrogens is 1. The van der Waals surface area contributed by atoms with Gasteiger partial charge in [-0.1, -0.05) is 25.1 Å².